The van der Waals surface area contributed by atoms with E-state index in [2.05, 4.69) is 5.32 Å². The number of nitrogens with one attached hydrogen (secondary N) is 1. The van der Waals surface area contributed by atoms with Gasteiger partial charge in [0.25, 0.3) is 0 Å². The molecule has 2 N–H and O–H groups in total. The molecule has 1 aromatic rings. The lowest BCUT2D eigenvalue weighted by Crippen LogP contribution is -2.47. The summed E-state index contributed by atoms with van der Waals surface area (Å²) in [7, 11) is 0. The molecule has 0 saturated heterocycles. The second kappa shape index (κ2) is 7.06. The largest absolute Gasteiger partial charge is 0.480 e. The summed E-state index contributed by atoms with van der Waals surface area (Å²) in [6, 6.07) is 5.70. The van der Waals surface area contributed by atoms with E-state index in [0.717, 1.165) is 25.7 Å². The minimum atomic E-state index is -1.04. The second-order valence-corrected chi connectivity index (χ2v) is 5.21. The van der Waals surface area contributed by atoms with E-state index in [0.29, 0.717) is 5.56 Å². The quantitative estimate of drug-likeness (QED) is 0.876. The Morgan fingerprint density at radius 2 is 1.95 bits per heavy atom. The Labute approximate surface area is 122 Å². The fourth-order valence-electron chi connectivity index (χ4n) is 2.64. The molecule has 1 fully saturated rings. The molecule has 1 aliphatic carbocycles. The summed E-state index contributed by atoms with van der Waals surface area (Å²) in [5.41, 5.74) is 0.382. The van der Waals surface area contributed by atoms with Crippen molar-refractivity contribution in [2.45, 2.75) is 38.3 Å². The summed E-state index contributed by atoms with van der Waals surface area (Å²) in [6.45, 7) is -0.276. The maximum atomic E-state index is 13.5. The lowest BCUT2D eigenvalue weighted by Gasteiger charge is -2.27. The van der Waals surface area contributed by atoms with Crippen molar-refractivity contribution >= 4 is 12.0 Å². The third kappa shape index (κ3) is 4.18. The molecule has 1 aliphatic rings. The molecule has 5 nitrogen and oxygen atoms in total. The van der Waals surface area contributed by atoms with E-state index in [1.165, 1.54) is 11.0 Å². The Balaban J connectivity index is 1.97. The molecular formula is C15H19FN2O3. The van der Waals surface area contributed by atoms with Crippen LogP contribution in [0.2, 0.25) is 0 Å². The molecule has 0 bridgehead atoms. The van der Waals surface area contributed by atoms with Crippen molar-refractivity contribution in [1.82, 2.24) is 10.2 Å². The topological polar surface area (TPSA) is 69.6 Å². The molecule has 0 heterocycles. The van der Waals surface area contributed by atoms with Gasteiger partial charge in [-0.2, -0.15) is 0 Å². The Kier molecular flexibility index (Phi) is 5.14. The van der Waals surface area contributed by atoms with Gasteiger partial charge in [-0.15, -0.1) is 0 Å². The number of hydrogen-bond acceptors (Lipinski definition) is 2. The van der Waals surface area contributed by atoms with Gasteiger partial charge in [0.05, 0.1) is 0 Å². The van der Waals surface area contributed by atoms with Gasteiger partial charge in [-0.3, -0.25) is 4.79 Å². The average molecular weight is 294 g/mol. The van der Waals surface area contributed by atoms with Crippen LogP contribution < -0.4 is 5.32 Å². The maximum Gasteiger partial charge on any atom is 0.323 e. The number of rotatable bonds is 5. The summed E-state index contributed by atoms with van der Waals surface area (Å²) in [4.78, 5) is 24.4. The SMILES string of the molecule is O=C(O)CN(C(=O)NCc1ccccc1F)C1CCCC1. The van der Waals surface area contributed by atoms with Gasteiger partial charge < -0.3 is 15.3 Å². The number of carbonyl (C=O) groups is 2. The van der Waals surface area contributed by atoms with Gasteiger partial charge in [-0.1, -0.05) is 31.0 Å². The smallest absolute Gasteiger partial charge is 0.323 e. The van der Waals surface area contributed by atoms with Gasteiger partial charge >= 0.3 is 12.0 Å². The van der Waals surface area contributed by atoms with Crippen LogP contribution in [-0.4, -0.2) is 34.6 Å². The first-order valence-corrected chi connectivity index (χ1v) is 7.07. The van der Waals surface area contributed by atoms with Gasteiger partial charge in [0.15, 0.2) is 0 Å². The number of halogens is 1. The lowest BCUT2D eigenvalue weighted by molar-refractivity contribution is -0.138. The third-order valence-electron chi connectivity index (χ3n) is 3.72. The average Bonchev–Trinajstić information content (AvgIpc) is 2.97. The number of amides is 2. The van der Waals surface area contributed by atoms with E-state index < -0.39 is 12.0 Å². The molecule has 2 rings (SSSR count). The molecule has 0 aromatic heterocycles. The van der Waals surface area contributed by atoms with Crippen LogP contribution in [0.25, 0.3) is 0 Å². The van der Waals surface area contributed by atoms with Crippen molar-refractivity contribution in [3.05, 3.63) is 35.6 Å². The van der Waals surface area contributed by atoms with Crippen LogP contribution in [-0.2, 0) is 11.3 Å². The molecule has 2 amide bonds. The van der Waals surface area contributed by atoms with Crippen LogP contribution in [0, 0.1) is 5.82 Å². The fourth-order valence-corrected chi connectivity index (χ4v) is 2.64. The van der Waals surface area contributed by atoms with Crippen LogP contribution in [0.4, 0.5) is 9.18 Å². The number of benzene rings is 1. The summed E-state index contributed by atoms with van der Waals surface area (Å²) >= 11 is 0. The van der Waals surface area contributed by atoms with Crippen molar-refractivity contribution in [2.75, 3.05) is 6.54 Å². The molecule has 0 unspecified atom stereocenters. The predicted octanol–water partition coefficient (Wildman–Crippen LogP) is 2.36. The normalized spacial score (nSPS) is 14.9. The predicted molar refractivity (Wildman–Crippen MR) is 75.2 cm³/mol. The first kappa shape index (κ1) is 15.3. The molecule has 0 radical (unpaired) electrons. The molecule has 0 aliphatic heterocycles. The minimum absolute atomic E-state index is 0.0401. The number of urea groups is 1. The highest BCUT2D eigenvalue weighted by Crippen LogP contribution is 2.23. The highest BCUT2D eigenvalue weighted by molar-refractivity contribution is 5.80. The first-order chi connectivity index (χ1) is 10.1. The van der Waals surface area contributed by atoms with E-state index in [1.54, 1.807) is 18.2 Å². The highest BCUT2D eigenvalue weighted by Gasteiger charge is 2.28. The number of carbonyl (C=O) groups excluding carboxylic acids is 1. The zero-order valence-corrected chi connectivity index (χ0v) is 11.7. The zero-order valence-electron chi connectivity index (χ0n) is 11.7. The molecule has 1 aromatic carbocycles. The summed E-state index contributed by atoms with van der Waals surface area (Å²) in [5.74, 6) is -1.42. The van der Waals surface area contributed by atoms with Crippen molar-refractivity contribution < 1.29 is 19.1 Å². The van der Waals surface area contributed by atoms with Gasteiger partial charge in [-0.25, -0.2) is 9.18 Å². The first-order valence-electron chi connectivity index (χ1n) is 7.07. The molecule has 1 saturated carbocycles. The van der Waals surface area contributed by atoms with Crippen LogP contribution in [0.3, 0.4) is 0 Å². The Morgan fingerprint density at radius 1 is 1.29 bits per heavy atom. The van der Waals surface area contributed by atoms with E-state index in [-0.39, 0.29) is 24.9 Å². The monoisotopic (exact) mass is 294 g/mol. The van der Waals surface area contributed by atoms with E-state index in [4.69, 9.17) is 5.11 Å². The molecule has 0 spiro atoms. The fraction of sp³-hybridized carbons (Fsp3) is 0.467. The van der Waals surface area contributed by atoms with E-state index in [9.17, 15) is 14.0 Å². The van der Waals surface area contributed by atoms with Crippen LogP contribution in [0.5, 0.6) is 0 Å². The van der Waals surface area contributed by atoms with Crippen molar-refractivity contribution in [2.24, 2.45) is 0 Å². The number of carboxylic acid groups (broad SMARTS) is 1. The summed E-state index contributed by atoms with van der Waals surface area (Å²) in [6.07, 6.45) is 3.64. The van der Waals surface area contributed by atoms with Crippen LogP contribution in [0.15, 0.2) is 24.3 Å². The molecule has 6 heteroatoms. The number of aliphatic carboxylic acids is 1. The van der Waals surface area contributed by atoms with Gasteiger partial charge in [-0.05, 0) is 18.9 Å². The van der Waals surface area contributed by atoms with Crippen LogP contribution in [0.1, 0.15) is 31.2 Å². The summed E-state index contributed by atoms with van der Waals surface area (Å²) in [5, 5.41) is 11.5. The standard InChI is InChI=1S/C15H19FN2O3/c16-13-8-4-1-5-11(13)9-17-15(21)18(10-14(19)20)12-6-2-3-7-12/h1,4-5,8,12H,2-3,6-7,9-10H2,(H,17,21)(H,19,20). The minimum Gasteiger partial charge on any atom is -0.480 e. The van der Waals surface area contributed by atoms with Gasteiger partial charge in [0.1, 0.15) is 12.4 Å². The van der Waals surface area contributed by atoms with Gasteiger partial charge in [0.2, 0.25) is 0 Å². The van der Waals surface area contributed by atoms with Crippen LogP contribution >= 0.6 is 0 Å². The second-order valence-electron chi connectivity index (χ2n) is 5.21. The Morgan fingerprint density at radius 3 is 2.57 bits per heavy atom. The molecule has 21 heavy (non-hydrogen) atoms. The Bertz CT molecular complexity index is 515. The van der Waals surface area contributed by atoms with Gasteiger partial charge in [0, 0.05) is 18.2 Å². The lowest BCUT2D eigenvalue weighted by atomic mass is 10.2. The van der Waals surface area contributed by atoms with Crippen molar-refractivity contribution in [3.8, 4) is 0 Å². The van der Waals surface area contributed by atoms with Crippen molar-refractivity contribution in [3.63, 3.8) is 0 Å². The molecular weight excluding hydrogens is 275 g/mol. The highest BCUT2D eigenvalue weighted by atomic mass is 19.1. The van der Waals surface area contributed by atoms with E-state index in [1.807, 2.05) is 0 Å². The third-order valence-corrected chi connectivity index (χ3v) is 3.72. The Hall–Kier alpha value is -2.11. The van der Waals surface area contributed by atoms with E-state index >= 15 is 0 Å². The number of hydrogen-bond donors (Lipinski definition) is 2. The number of carboxylic acids is 1. The maximum absolute atomic E-state index is 13.5. The summed E-state index contributed by atoms with van der Waals surface area (Å²) < 4.78 is 13.5. The number of nitrogens with zero attached hydrogens (tertiary/aromatic N) is 1. The van der Waals surface area contributed by atoms with Crippen molar-refractivity contribution in [1.29, 1.82) is 0 Å². The molecule has 0 atom stereocenters. The molecule has 114 valence electrons. The zero-order chi connectivity index (χ0) is 15.2.